The number of benzene rings is 1. The van der Waals surface area contributed by atoms with Crippen LogP contribution in [0.1, 0.15) is 23.7 Å². The molecule has 0 atom stereocenters. The smallest absolute Gasteiger partial charge is 0.313 e. The summed E-state index contributed by atoms with van der Waals surface area (Å²) in [5, 5.41) is 7.42. The van der Waals surface area contributed by atoms with Crippen molar-refractivity contribution in [3.05, 3.63) is 47.3 Å². The number of alkyl halides is 3. The molecule has 0 amide bonds. The summed E-state index contributed by atoms with van der Waals surface area (Å²) in [7, 11) is 0. The molecule has 0 aliphatic carbocycles. The second-order valence-electron chi connectivity index (χ2n) is 4.49. The Morgan fingerprint density at radius 1 is 1.20 bits per heavy atom. The van der Waals surface area contributed by atoms with Gasteiger partial charge in [0.15, 0.2) is 0 Å². The monoisotopic (exact) mass is 283 g/mol. The number of halogens is 3. The lowest BCUT2D eigenvalue weighted by atomic mass is 10.2. The van der Waals surface area contributed by atoms with Crippen molar-refractivity contribution in [2.75, 3.05) is 6.54 Å². The fourth-order valence-corrected chi connectivity index (χ4v) is 1.93. The van der Waals surface area contributed by atoms with E-state index in [0.717, 1.165) is 29.9 Å². The molecule has 0 saturated carbocycles. The molecule has 0 aliphatic heterocycles. The summed E-state index contributed by atoms with van der Waals surface area (Å²) in [6.45, 7) is 5.46. The molecule has 1 N–H and O–H groups in total. The van der Waals surface area contributed by atoms with Crippen molar-refractivity contribution < 1.29 is 13.2 Å². The van der Waals surface area contributed by atoms with Gasteiger partial charge in [0.05, 0.1) is 17.4 Å². The van der Waals surface area contributed by atoms with E-state index in [9.17, 15) is 13.2 Å². The number of hydrogen-bond donors (Lipinski definition) is 1. The van der Waals surface area contributed by atoms with Crippen LogP contribution in [0.2, 0.25) is 0 Å². The van der Waals surface area contributed by atoms with Crippen molar-refractivity contribution in [2.24, 2.45) is 0 Å². The maximum absolute atomic E-state index is 12.5. The lowest BCUT2D eigenvalue weighted by Gasteiger charge is -2.09. The van der Waals surface area contributed by atoms with Crippen LogP contribution < -0.4 is 5.32 Å². The van der Waals surface area contributed by atoms with E-state index >= 15 is 0 Å². The van der Waals surface area contributed by atoms with Crippen molar-refractivity contribution in [1.29, 1.82) is 0 Å². The Hall–Kier alpha value is -1.82. The Morgan fingerprint density at radius 3 is 2.40 bits per heavy atom. The molecular weight excluding hydrogens is 267 g/mol. The summed E-state index contributed by atoms with van der Waals surface area (Å²) in [4.78, 5) is 0. The molecule has 0 aliphatic rings. The third-order valence-corrected chi connectivity index (χ3v) is 3.12. The van der Waals surface area contributed by atoms with Crippen LogP contribution in [0.3, 0.4) is 0 Å². The van der Waals surface area contributed by atoms with E-state index in [-0.39, 0.29) is 0 Å². The van der Waals surface area contributed by atoms with Crippen LogP contribution >= 0.6 is 0 Å². The number of aromatic nitrogens is 2. The third kappa shape index (κ3) is 3.01. The molecule has 0 unspecified atom stereocenters. The van der Waals surface area contributed by atoms with Crippen LogP contribution in [0, 0.1) is 6.92 Å². The normalized spacial score (nSPS) is 11.8. The molecule has 20 heavy (non-hydrogen) atoms. The molecule has 0 radical (unpaired) electrons. The predicted molar refractivity (Wildman–Crippen MR) is 70.7 cm³/mol. The Kier molecular flexibility index (Phi) is 4.13. The van der Waals surface area contributed by atoms with Crippen molar-refractivity contribution in [1.82, 2.24) is 15.1 Å². The summed E-state index contributed by atoms with van der Waals surface area (Å²) in [6.07, 6.45) is -2.58. The van der Waals surface area contributed by atoms with Crippen LogP contribution in [0.15, 0.2) is 30.5 Å². The Morgan fingerprint density at radius 2 is 1.85 bits per heavy atom. The van der Waals surface area contributed by atoms with Crippen molar-refractivity contribution in [2.45, 2.75) is 26.6 Å². The van der Waals surface area contributed by atoms with E-state index in [1.54, 1.807) is 10.9 Å². The Balaban J connectivity index is 2.26. The number of hydrogen-bond acceptors (Lipinski definition) is 2. The first kappa shape index (κ1) is 14.6. The molecule has 1 heterocycles. The van der Waals surface area contributed by atoms with Crippen LogP contribution in [0.4, 0.5) is 13.2 Å². The first-order valence-electron chi connectivity index (χ1n) is 6.35. The maximum atomic E-state index is 12.5. The highest BCUT2D eigenvalue weighted by Gasteiger charge is 2.30. The fraction of sp³-hybridized carbons (Fsp3) is 0.357. The summed E-state index contributed by atoms with van der Waals surface area (Å²) in [5.41, 5.74) is 1.93. The van der Waals surface area contributed by atoms with Gasteiger partial charge >= 0.3 is 6.18 Å². The second kappa shape index (κ2) is 5.66. The molecular formula is C14H16F3N3. The molecule has 0 saturated heterocycles. The Labute approximate surface area is 115 Å². The van der Waals surface area contributed by atoms with Crippen molar-refractivity contribution in [3.8, 4) is 5.69 Å². The lowest BCUT2D eigenvalue weighted by Crippen LogP contribution is -2.12. The van der Waals surface area contributed by atoms with Gasteiger partial charge in [-0.2, -0.15) is 18.3 Å². The van der Waals surface area contributed by atoms with Crippen LogP contribution in [0.25, 0.3) is 5.69 Å². The van der Waals surface area contributed by atoms with Crippen LogP contribution in [-0.4, -0.2) is 16.3 Å². The topological polar surface area (TPSA) is 29.9 Å². The van der Waals surface area contributed by atoms with Gasteiger partial charge in [-0.3, -0.25) is 0 Å². The average molecular weight is 283 g/mol. The molecule has 2 aromatic rings. The van der Waals surface area contributed by atoms with Gasteiger partial charge in [-0.25, -0.2) is 4.68 Å². The van der Waals surface area contributed by atoms with E-state index in [4.69, 9.17) is 0 Å². The van der Waals surface area contributed by atoms with Gasteiger partial charge in [-0.15, -0.1) is 0 Å². The molecule has 3 nitrogen and oxygen atoms in total. The summed E-state index contributed by atoms with van der Waals surface area (Å²) in [6, 6.07) is 5.00. The molecule has 1 aromatic carbocycles. The maximum Gasteiger partial charge on any atom is 0.416 e. The van der Waals surface area contributed by atoms with E-state index < -0.39 is 11.7 Å². The largest absolute Gasteiger partial charge is 0.416 e. The summed E-state index contributed by atoms with van der Waals surface area (Å²) in [5.74, 6) is 0. The highest BCUT2D eigenvalue weighted by atomic mass is 19.4. The molecule has 0 spiro atoms. The first-order chi connectivity index (χ1) is 9.43. The Bertz CT molecular complexity index is 570. The quantitative estimate of drug-likeness (QED) is 0.933. The highest BCUT2D eigenvalue weighted by Crippen LogP contribution is 2.29. The minimum absolute atomic E-state index is 0.623. The van der Waals surface area contributed by atoms with Gasteiger partial charge in [-0.1, -0.05) is 6.92 Å². The molecule has 1 aromatic heterocycles. The highest BCUT2D eigenvalue weighted by molar-refractivity contribution is 5.37. The summed E-state index contributed by atoms with van der Waals surface area (Å²) < 4.78 is 39.2. The van der Waals surface area contributed by atoms with Gasteiger partial charge in [0, 0.05) is 17.8 Å². The van der Waals surface area contributed by atoms with Crippen molar-refractivity contribution >= 4 is 0 Å². The van der Waals surface area contributed by atoms with E-state index in [1.165, 1.54) is 12.1 Å². The molecule has 108 valence electrons. The predicted octanol–water partition coefficient (Wildman–Crippen LogP) is 3.31. The summed E-state index contributed by atoms with van der Waals surface area (Å²) >= 11 is 0. The lowest BCUT2D eigenvalue weighted by molar-refractivity contribution is -0.137. The number of nitrogens with one attached hydrogen (secondary N) is 1. The van der Waals surface area contributed by atoms with E-state index in [0.29, 0.717) is 12.2 Å². The number of nitrogens with zero attached hydrogens (tertiary/aromatic N) is 2. The van der Waals surface area contributed by atoms with Crippen LogP contribution in [-0.2, 0) is 12.7 Å². The fourth-order valence-electron chi connectivity index (χ4n) is 1.93. The van der Waals surface area contributed by atoms with Gasteiger partial charge < -0.3 is 5.32 Å². The molecule has 2 rings (SSSR count). The van der Waals surface area contributed by atoms with Gasteiger partial charge in [0.25, 0.3) is 0 Å². The molecule has 0 fully saturated rings. The first-order valence-corrected chi connectivity index (χ1v) is 6.35. The van der Waals surface area contributed by atoms with Crippen LogP contribution in [0.5, 0.6) is 0 Å². The van der Waals surface area contributed by atoms with E-state index in [1.807, 2.05) is 13.8 Å². The molecule has 0 bridgehead atoms. The zero-order valence-corrected chi connectivity index (χ0v) is 11.3. The number of rotatable bonds is 4. The van der Waals surface area contributed by atoms with Gasteiger partial charge in [-0.05, 0) is 37.7 Å². The van der Waals surface area contributed by atoms with E-state index in [2.05, 4.69) is 10.4 Å². The van der Waals surface area contributed by atoms with Crippen molar-refractivity contribution in [3.63, 3.8) is 0 Å². The average Bonchev–Trinajstić information content (AvgIpc) is 2.77. The van der Waals surface area contributed by atoms with Gasteiger partial charge in [0.2, 0.25) is 0 Å². The standard InChI is InChI=1S/C14H16F3N3/c1-3-18-8-11-9-19-20(10(11)2)13-6-4-12(5-7-13)14(15,16)17/h4-7,9,18H,3,8H2,1-2H3. The minimum Gasteiger partial charge on any atom is -0.313 e. The second-order valence-corrected chi connectivity index (χ2v) is 4.49. The SMILES string of the molecule is CCNCc1cnn(-c2ccc(C(F)(F)F)cc2)c1C. The zero-order valence-electron chi connectivity index (χ0n) is 11.3. The zero-order chi connectivity index (χ0) is 14.8. The molecule has 6 heteroatoms. The van der Waals surface area contributed by atoms with Gasteiger partial charge in [0.1, 0.15) is 0 Å². The minimum atomic E-state index is -4.31. The third-order valence-electron chi connectivity index (χ3n) is 3.12.